The molecule has 1 aliphatic heterocycles. The molecule has 2 aliphatic carbocycles. The van der Waals surface area contributed by atoms with Gasteiger partial charge in [-0.25, -0.2) is 9.37 Å². The molecule has 194 valence electrons. The number of carbonyl (C=O) groups is 3. The van der Waals surface area contributed by atoms with Crippen molar-refractivity contribution in [1.82, 2.24) is 25.5 Å². The van der Waals surface area contributed by atoms with Crippen molar-refractivity contribution < 1.29 is 18.8 Å². The van der Waals surface area contributed by atoms with E-state index in [0.717, 1.165) is 32.1 Å². The maximum Gasteiger partial charge on any atom is 0.243 e. The molecule has 2 heterocycles. The van der Waals surface area contributed by atoms with Crippen LogP contribution in [0.2, 0.25) is 0 Å². The van der Waals surface area contributed by atoms with E-state index >= 15 is 0 Å². The van der Waals surface area contributed by atoms with Gasteiger partial charge in [-0.1, -0.05) is 12.5 Å². The number of halogens is 1. The Balaban J connectivity index is 1.27. The van der Waals surface area contributed by atoms with Gasteiger partial charge in [-0.05, 0) is 76.3 Å². The summed E-state index contributed by atoms with van der Waals surface area (Å²) in [7, 11) is 0. The molecule has 1 saturated heterocycles. The van der Waals surface area contributed by atoms with E-state index in [2.05, 4.69) is 20.6 Å². The van der Waals surface area contributed by atoms with Gasteiger partial charge in [0.2, 0.25) is 17.7 Å². The first-order chi connectivity index (χ1) is 17.2. The molecule has 9 heteroatoms. The van der Waals surface area contributed by atoms with Crippen molar-refractivity contribution in [2.45, 2.75) is 89.8 Å². The molecule has 3 amide bonds. The number of likely N-dealkylation sites (tertiary alicyclic amines) is 1. The molecule has 3 atom stereocenters. The lowest BCUT2D eigenvalue weighted by Gasteiger charge is -2.53. The molecule has 1 aromatic heterocycles. The predicted molar refractivity (Wildman–Crippen MR) is 133 cm³/mol. The van der Waals surface area contributed by atoms with Gasteiger partial charge in [0.15, 0.2) is 5.82 Å². The summed E-state index contributed by atoms with van der Waals surface area (Å²) in [6.45, 7) is 4.45. The fourth-order valence-electron chi connectivity index (χ4n) is 6.12. The highest BCUT2D eigenvalue weighted by Crippen LogP contribution is 2.58. The van der Waals surface area contributed by atoms with Gasteiger partial charge in [-0.3, -0.25) is 14.4 Å². The van der Waals surface area contributed by atoms with Crippen LogP contribution in [-0.4, -0.2) is 51.2 Å². The van der Waals surface area contributed by atoms with Gasteiger partial charge in [0, 0.05) is 18.5 Å². The lowest BCUT2D eigenvalue weighted by molar-refractivity contribution is -0.142. The number of imidazole rings is 1. The second-order valence-electron chi connectivity index (χ2n) is 11.1. The van der Waals surface area contributed by atoms with E-state index in [-0.39, 0.29) is 35.7 Å². The molecule has 2 aromatic rings. The number of H-pyrrole nitrogens is 1. The quantitative estimate of drug-likeness (QED) is 0.542. The van der Waals surface area contributed by atoms with Crippen LogP contribution in [0.1, 0.15) is 83.5 Å². The van der Waals surface area contributed by atoms with Crippen molar-refractivity contribution in [2.24, 2.45) is 11.3 Å². The monoisotopic (exact) mass is 497 g/mol. The number of para-hydroxylation sites is 1. The van der Waals surface area contributed by atoms with Crippen LogP contribution in [0.5, 0.6) is 0 Å². The minimum absolute atomic E-state index is 0.0821. The predicted octanol–water partition coefficient (Wildman–Crippen LogP) is 3.74. The summed E-state index contributed by atoms with van der Waals surface area (Å²) in [5.41, 5.74) is 1.09. The van der Waals surface area contributed by atoms with Crippen LogP contribution in [0.3, 0.4) is 0 Å². The topological polar surface area (TPSA) is 107 Å². The van der Waals surface area contributed by atoms with Crippen molar-refractivity contribution in [1.29, 1.82) is 0 Å². The number of carbonyl (C=O) groups excluding carboxylic acids is 3. The van der Waals surface area contributed by atoms with Crippen molar-refractivity contribution in [3.63, 3.8) is 0 Å². The van der Waals surface area contributed by atoms with Crippen LogP contribution in [0, 0.1) is 17.2 Å². The van der Waals surface area contributed by atoms with Gasteiger partial charge < -0.3 is 20.5 Å². The zero-order valence-electron chi connectivity index (χ0n) is 21.1. The number of rotatable bonds is 7. The first-order valence-corrected chi connectivity index (χ1v) is 13.3. The molecule has 2 saturated carbocycles. The zero-order chi connectivity index (χ0) is 25.4. The number of aromatic nitrogens is 2. The summed E-state index contributed by atoms with van der Waals surface area (Å²) in [6, 6.07) is 3.24. The van der Waals surface area contributed by atoms with Gasteiger partial charge in [0.1, 0.15) is 17.4 Å². The Morgan fingerprint density at radius 1 is 1.19 bits per heavy atom. The van der Waals surface area contributed by atoms with Crippen LogP contribution in [-0.2, 0) is 14.4 Å². The van der Waals surface area contributed by atoms with Crippen LogP contribution in [0.15, 0.2) is 18.2 Å². The maximum atomic E-state index is 14.1. The molecule has 3 N–H and O–H groups in total. The van der Waals surface area contributed by atoms with E-state index in [9.17, 15) is 18.8 Å². The second-order valence-corrected chi connectivity index (χ2v) is 11.1. The SMILES string of the molecule is C[C@H](NC(=O)[C@H](CC(=O)N1CCCC[C@@H]1C)NC(=O)C1CC2(CCC2)C1)c1nc2c(F)cccc2[nH]1. The summed E-state index contributed by atoms with van der Waals surface area (Å²) < 4.78 is 14.1. The Morgan fingerprint density at radius 2 is 1.97 bits per heavy atom. The van der Waals surface area contributed by atoms with E-state index in [4.69, 9.17) is 0 Å². The van der Waals surface area contributed by atoms with E-state index in [0.29, 0.717) is 23.3 Å². The number of amides is 3. The number of nitrogens with zero attached hydrogens (tertiary/aromatic N) is 2. The highest BCUT2D eigenvalue weighted by atomic mass is 19.1. The van der Waals surface area contributed by atoms with Crippen LogP contribution in [0.25, 0.3) is 11.0 Å². The number of benzene rings is 1. The van der Waals surface area contributed by atoms with Gasteiger partial charge in [-0.2, -0.15) is 0 Å². The van der Waals surface area contributed by atoms with Gasteiger partial charge in [-0.15, -0.1) is 0 Å². The molecule has 3 fully saturated rings. The van der Waals surface area contributed by atoms with E-state index in [1.165, 1.54) is 25.3 Å². The number of hydrogen-bond donors (Lipinski definition) is 3. The van der Waals surface area contributed by atoms with Gasteiger partial charge in [0.05, 0.1) is 18.0 Å². The average molecular weight is 498 g/mol. The number of piperidine rings is 1. The third-order valence-electron chi connectivity index (χ3n) is 8.53. The Morgan fingerprint density at radius 3 is 2.64 bits per heavy atom. The molecular weight excluding hydrogens is 461 g/mol. The molecule has 36 heavy (non-hydrogen) atoms. The third kappa shape index (κ3) is 4.84. The lowest BCUT2D eigenvalue weighted by atomic mass is 9.51. The van der Waals surface area contributed by atoms with Crippen molar-refractivity contribution in [3.8, 4) is 0 Å². The van der Waals surface area contributed by atoms with Gasteiger partial charge in [0.25, 0.3) is 0 Å². The number of nitrogens with one attached hydrogen (secondary N) is 3. The smallest absolute Gasteiger partial charge is 0.243 e. The minimum Gasteiger partial charge on any atom is -0.345 e. The zero-order valence-corrected chi connectivity index (χ0v) is 21.1. The summed E-state index contributed by atoms with van der Waals surface area (Å²) in [4.78, 5) is 48.7. The second kappa shape index (κ2) is 9.82. The highest BCUT2D eigenvalue weighted by molar-refractivity contribution is 5.93. The molecule has 1 aromatic carbocycles. The first kappa shape index (κ1) is 24.7. The average Bonchev–Trinajstić information content (AvgIpc) is 3.23. The Hall–Kier alpha value is -2.97. The number of fused-ring (bicyclic) bond motifs is 1. The fourth-order valence-corrected chi connectivity index (χ4v) is 6.12. The van der Waals surface area contributed by atoms with Crippen molar-refractivity contribution >= 4 is 28.8 Å². The molecule has 5 rings (SSSR count). The van der Waals surface area contributed by atoms with Gasteiger partial charge >= 0.3 is 0 Å². The van der Waals surface area contributed by atoms with Crippen LogP contribution in [0.4, 0.5) is 4.39 Å². The third-order valence-corrected chi connectivity index (χ3v) is 8.53. The molecule has 0 unspecified atom stereocenters. The minimum atomic E-state index is -0.972. The van der Waals surface area contributed by atoms with E-state index in [1.807, 2.05) is 11.8 Å². The van der Waals surface area contributed by atoms with Crippen molar-refractivity contribution in [2.75, 3.05) is 6.54 Å². The Bertz CT molecular complexity index is 1150. The Labute approximate surface area is 210 Å². The molecule has 3 aliphatic rings. The number of hydrogen-bond acceptors (Lipinski definition) is 4. The molecule has 8 nitrogen and oxygen atoms in total. The van der Waals surface area contributed by atoms with Crippen molar-refractivity contribution in [3.05, 3.63) is 29.8 Å². The molecule has 0 bridgehead atoms. The van der Waals surface area contributed by atoms with Crippen LogP contribution >= 0.6 is 0 Å². The largest absolute Gasteiger partial charge is 0.345 e. The standard InChI is InChI=1S/C27H36FN5O3/c1-16-7-3-4-12-33(16)22(34)13-21(31-25(35)18-14-27(15-18)10-6-11-27)26(36)29-17(2)24-30-20-9-5-8-19(28)23(20)32-24/h5,8-9,16-18,21H,3-4,6-7,10-15H2,1-2H3,(H,29,36)(H,30,32)(H,31,35)/t16-,17-,21-/m0/s1. The van der Waals surface area contributed by atoms with Crippen LogP contribution < -0.4 is 10.6 Å². The summed E-state index contributed by atoms with van der Waals surface area (Å²) in [5.74, 6) is -0.830. The molecule has 0 radical (unpaired) electrons. The molecule has 1 spiro atoms. The number of aromatic amines is 1. The van der Waals surface area contributed by atoms with E-state index < -0.39 is 23.8 Å². The maximum absolute atomic E-state index is 14.1. The summed E-state index contributed by atoms with van der Waals surface area (Å²) >= 11 is 0. The summed E-state index contributed by atoms with van der Waals surface area (Å²) in [6.07, 6.45) is 8.22. The summed E-state index contributed by atoms with van der Waals surface area (Å²) in [5, 5.41) is 5.77. The molecular formula is C27H36FN5O3. The normalized spacial score (nSPS) is 23.0. The van der Waals surface area contributed by atoms with E-state index in [1.54, 1.807) is 19.1 Å². The lowest BCUT2D eigenvalue weighted by Crippen LogP contribution is -2.55. The fraction of sp³-hybridized carbons (Fsp3) is 0.630. The Kier molecular flexibility index (Phi) is 6.74. The first-order valence-electron chi connectivity index (χ1n) is 13.3. The highest BCUT2D eigenvalue weighted by Gasteiger charge is 2.51.